The van der Waals surface area contributed by atoms with Gasteiger partial charge in [-0.15, -0.1) is 0 Å². The molecule has 0 aliphatic carbocycles. The maximum absolute atomic E-state index is 15.3. The summed E-state index contributed by atoms with van der Waals surface area (Å²) in [4.78, 5) is 47.9. The number of amides is 3. The number of fused-ring (bicyclic) bond motifs is 1. The molecule has 2 aliphatic heterocycles. The zero-order chi connectivity index (χ0) is 41.3. The number of ether oxygens (including phenoxy) is 1. The number of hydrogen-bond acceptors (Lipinski definition) is 10. The number of carbonyl (C=O) groups excluding carboxylic acids is 3. The molecule has 0 bridgehead atoms. The molecular weight excluding hydrogens is 752 g/mol. The smallest absolute Gasteiger partial charge is 0.292 e. The van der Waals surface area contributed by atoms with Crippen LogP contribution < -0.4 is 15.4 Å². The minimum absolute atomic E-state index is 0.0515. The molecule has 3 aromatic carbocycles. The van der Waals surface area contributed by atoms with Crippen molar-refractivity contribution in [3.63, 3.8) is 0 Å². The number of nitrogens with zero attached hydrogens (tertiary/aromatic N) is 6. The summed E-state index contributed by atoms with van der Waals surface area (Å²) in [5.74, 6) is 0.0442. The number of piperidine rings is 2. The molecule has 3 amide bonds. The van der Waals surface area contributed by atoms with Gasteiger partial charge >= 0.3 is 0 Å². The van der Waals surface area contributed by atoms with Gasteiger partial charge in [-0.3, -0.25) is 24.6 Å². The summed E-state index contributed by atoms with van der Waals surface area (Å²) in [6.07, 6.45) is 6.36. The predicted molar refractivity (Wildman–Crippen MR) is 218 cm³/mol. The summed E-state index contributed by atoms with van der Waals surface area (Å²) in [6, 6.07) is 23.1. The van der Waals surface area contributed by atoms with E-state index < -0.39 is 22.6 Å². The van der Waals surface area contributed by atoms with Gasteiger partial charge in [-0.25, -0.2) is 13.9 Å². The monoisotopic (exact) mass is 798 g/mol. The lowest BCUT2D eigenvalue weighted by Crippen LogP contribution is -2.49. The molecule has 0 spiro atoms. The summed E-state index contributed by atoms with van der Waals surface area (Å²) in [5.41, 5.74) is 5.24. The molecule has 8 rings (SSSR count). The second-order valence-corrected chi connectivity index (χ2v) is 16.6. The second-order valence-electron chi connectivity index (χ2n) is 16.6. The first-order valence-corrected chi connectivity index (χ1v) is 20.0. The van der Waals surface area contributed by atoms with Crippen LogP contribution in [0.1, 0.15) is 92.5 Å². The maximum Gasteiger partial charge on any atom is 0.292 e. The van der Waals surface area contributed by atoms with Gasteiger partial charge in [-0.1, -0.05) is 74.5 Å². The highest BCUT2D eigenvalue weighted by Crippen LogP contribution is 2.35. The molecule has 2 fully saturated rings. The van der Waals surface area contributed by atoms with E-state index in [1.165, 1.54) is 18.0 Å². The molecule has 2 aliphatic rings. The highest BCUT2D eigenvalue weighted by molar-refractivity contribution is 6.03. The van der Waals surface area contributed by atoms with Crippen LogP contribution in [0, 0.1) is 5.82 Å². The summed E-state index contributed by atoms with van der Waals surface area (Å²) >= 11 is 0. The van der Waals surface area contributed by atoms with Crippen LogP contribution in [0.5, 0.6) is 5.75 Å². The van der Waals surface area contributed by atoms with Crippen molar-refractivity contribution in [2.45, 2.75) is 76.7 Å². The van der Waals surface area contributed by atoms with Crippen molar-refractivity contribution < 1.29 is 28.0 Å². The first kappa shape index (κ1) is 39.5. The summed E-state index contributed by atoms with van der Waals surface area (Å²) in [5, 5.41) is 13.3. The molecule has 304 valence electrons. The Kier molecular flexibility index (Phi) is 10.8. The van der Waals surface area contributed by atoms with Crippen LogP contribution in [-0.4, -0.2) is 73.6 Å². The predicted octanol–water partition coefficient (Wildman–Crippen LogP) is 6.77. The number of aromatic nitrogens is 5. The van der Waals surface area contributed by atoms with Gasteiger partial charge in [0.05, 0.1) is 16.6 Å². The number of rotatable bonds is 11. The number of nitrogens with one attached hydrogen (secondary N) is 2. The van der Waals surface area contributed by atoms with E-state index in [1.54, 1.807) is 16.6 Å². The number of hydrogen-bond donors (Lipinski definition) is 2. The van der Waals surface area contributed by atoms with E-state index in [0.717, 1.165) is 60.4 Å². The average molecular weight is 799 g/mol. The summed E-state index contributed by atoms with van der Waals surface area (Å²) in [7, 11) is 0. The zero-order valence-corrected chi connectivity index (χ0v) is 33.6. The Morgan fingerprint density at radius 1 is 1.00 bits per heavy atom. The molecule has 5 heterocycles. The molecule has 3 aromatic heterocycles. The van der Waals surface area contributed by atoms with Crippen molar-refractivity contribution in [3.05, 3.63) is 120 Å². The third kappa shape index (κ3) is 8.49. The molecule has 6 aromatic rings. The number of halogens is 1. The van der Waals surface area contributed by atoms with Crippen molar-refractivity contribution in [1.82, 2.24) is 40.3 Å². The quantitative estimate of drug-likeness (QED) is 0.134. The van der Waals surface area contributed by atoms with Crippen LogP contribution in [0.15, 0.2) is 89.8 Å². The van der Waals surface area contributed by atoms with Gasteiger partial charge in [-0.05, 0) is 86.1 Å². The van der Waals surface area contributed by atoms with Crippen LogP contribution in [-0.2, 0) is 27.0 Å². The summed E-state index contributed by atoms with van der Waals surface area (Å²) in [6.45, 7) is 11.0. The van der Waals surface area contributed by atoms with Crippen LogP contribution in [0.25, 0.3) is 27.9 Å². The number of likely N-dealkylation sites (tertiary alicyclic amines) is 1. The van der Waals surface area contributed by atoms with E-state index in [-0.39, 0.29) is 24.2 Å². The molecule has 14 heteroatoms. The van der Waals surface area contributed by atoms with E-state index in [1.807, 2.05) is 64.2 Å². The van der Waals surface area contributed by atoms with Crippen LogP contribution in [0.4, 0.5) is 4.39 Å². The van der Waals surface area contributed by atoms with Gasteiger partial charge in [0.25, 0.3) is 11.7 Å². The van der Waals surface area contributed by atoms with E-state index in [2.05, 4.69) is 60.0 Å². The topological polar surface area (TPSA) is 157 Å². The van der Waals surface area contributed by atoms with Gasteiger partial charge in [0, 0.05) is 47.8 Å². The fourth-order valence-electron chi connectivity index (χ4n) is 7.75. The Morgan fingerprint density at radius 3 is 2.44 bits per heavy atom. The van der Waals surface area contributed by atoms with Gasteiger partial charge in [0.2, 0.25) is 17.7 Å². The lowest BCUT2D eigenvalue weighted by molar-refractivity contribution is -0.137. The SMILES string of the molecule is CC(C)(C)c1nc(C(=O)NCc2ccc(-c3ncnn4cc(-c5ccc(OCCN6CCC(c7ccc(C8(C)CCC(=O)NC8=O)cc7)CC6)cc5)cc34)cc2F)no1. The second kappa shape index (κ2) is 16.2. The highest BCUT2D eigenvalue weighted by Gasteiger charge is 2.40. The van der Waals surface area contributed by atoms with Crippen molar-refractivity contribution in [2.24, 2.45) is 0 Å². The number of benzene rings is 3. The van der Waals surface area contributed by atoms with Gasteiger partial charge in [0.1, 0.15) is 24.5 Å². The molecule has 1 atom stereocenters. The van der Waals surface area contributed by atoms with E-state index in [0.29, 0.717) is 48.1 Å². The van der Waals surface area contributed by atoms with Crippen LogP contribution >= 0.6 is 0 Å². The van der Waals surface area contributed by atoms with Crippen LogP contribution in [0.2, 0.25) is 0 Å². The lowest BCUT2D eigenvalue weighted by atomic mass is 9.75. The van der Waals surface area contributed by atoms with Crippen LogP contribution in [0.3, 0.4) is 0 Å². The number of carbonyl (C=O) groups is 3. The first-order valence-electron chi connectivity index (χ1n) is 20.0. The Morgan fingerprint density at radius 2 is 1.75 bits per heavy atom. The normalized spacial score (nSPS) is 17.9. The standard InChI is InChI=1S/C45H47FN8O5/c1-44(2,3)43-51-40(52-59-43)41(56)47-25-32-6-5-31(23-36(32)46)39-37-24-33(26-54(37)49-27-48-39)29-9-13-35(14-10-29)58-22-21-53-19-16-30(17-20-53)28-7-11-34(12-8-28)45(4)18-15-38(55)50-42(45)57/h5-14,23-24,26-27,30H,15-22,25H2,1-4H3,(H,47,56)(H,50,55,57). The minimum atomic E-state index is -0.674. The molecule has 0 radical (unpaired) electrons. The van der Waals surface area contributed by atoms with Gasteiger partial charge in [-0.2, -0.15) is 10.1 Å². The largest absolute Gasteiger partial charge is 0.492 e. The van der Waals surface area contributed by atoms with Crippen molar-refractivity contribution >= 4 is 23.2 Å². The first-order chi connectivity index (χ1) is 28.3. The molecule has 2 N–H and O–H groups in total. The minimum Gasteiger partial charge on any atom is -0.492 e. The Hall–Kier alpha value is -6.28. The number of imide groups is 1. The Labute approximate surface area is 341 Å². The maximum atomic E-state index is 15.3. The summed E-state index contributed by atoms with van der Waals surface area (Å²) < 4.78 is 28.4. The highest BCUT2D eigenvalue weighted by atomic mass is 19.1. The Bertz CT molecular complexity index is 2500. The molecule has 59 heavy (non-hydrogen) atoms. The van der Waals surface area contributed by atoms with Crippen molar-refractivity contribution in [1.29, 1.82) is 0 Å². The zero-order valence-electron chi connectivity index (χ0n) is 33.6. The molecular formula is C45H47FN8O5. The fourth-order valence-corrected chi connectivity index (χ4v) is 7.75. The van der Waals surface area contributed by atoms with Gasteiger partial charge < -0.3 is 14.6 Å². The third-order valence-electron chi connectivity index (χ3n) is 11.5. The molecule has 2 saturated heterocycles. The lowest BCUT2D eigenvalue weighted by Gasteiger charge is -2.34. The van der Waals surface area contributed by atoms with E-state index in [9.17, 15) is 14.4 Å². The van der Waals surface area contributed by atoms with Crippen molar-refractivity contribution in [3.8, 4) is 28.1 Å². The van der Waals surface area contributed by atoms with Crippen molar-refractivity contribution in [2.75, 3.05) is 26.2 Å². The average Bonchev–Trinajstić information content (AvgIpc) is 3.92. The third-order valence-corrected chi connectivity index (χ3v) is 11.5. The van der Waals surface area contributed by atoms with E-state index >= 15 is 4.39 Å². The Balaban J connectivity index is 0.827. The molecule has 1 unspecified atom stereocenters. The van der Waals surface area contributed by atoms with E-state index in [4.69, 9.17) is 9.26 Å². The molecule has 13 nitrogen and oxygen atoms in total. The fraction of sp³-hybridized carbons (Fsp3) is 0.356. The van der Waals surface area contributed by atoms with Gasteiger partial charge in [0.15, 0.2) is 0 Å². The molecule has 0 saturated carbocycles.